The summed E-state index contributed by atoms with van der Waals surface area (Å²) in [6, 6.07) is 0.451. The number of methoxy groups -OCH3 is 1. The molecular weight excluding hydrogens is 166 g/mol. The third-order valence-corrected chi connectivity index (χ3v) is 2.76. The second-order valence-corrected chi connectivity index (χ2v) is 3.65. The Balaban J connectivity index is 2.42. The van der Waals surface area contributed by atoms with Gasteiger partial charge in [-0.25, -0.2) is 0 Å². The summed E-state index contributed by atoms with van der Waals surface area (Å²) in [6.07, 6.45) is 1.53. The summed E-state index contributed by atoms with van der Waals surface area (Å²) in [5.41, 5.74) is 0. The summed E-state index contributed by atoms with van der Waals surface area (Å²) in [7, 11) is 1.75. The first-order valence-corrected chi connectivity index (χ1v) is 5.13. The average Bonchev–Trinajstić information content (AvgIpc) is 2.51. The molecule has 1 aliphatic heterocycles. The van der Waals surface area contributed by atoms with Crippen molar-refractivity contribution in [2.24, 2.45) is 5.92 Å². The Hall–Kier alpha value is -0.120. The molecule has 3 unspecified atom stereocenters. The van der Waals surface area contributed by atoms with Gasteiger partial charge >= 0.3 is 0 Å². The van der Waals surface area contributed by atoms with E-state index in [0.29, 0.717) is 18.1 Å². The van der Waals surface area contributed by atoms with Crippen LogP contribution in [0.25, 0.3) is 0 Å². The van der Waals surface area contributed by atoms with Crippen molar-refractivity contribution in [3.63, 3.8) is 0 Å². The van der Waals surface area contributed by atoms with Gasteiger partial charge in [0.1, 0.15) is 0 Å². The maximum absolute atomic E-state index is 5.54. The Morgan fingerprint density at radius 2 is 2.38 bits per heavy atom. The molecule has 0 aromatic carbocycles. The van der Waals surface area contributed by atoms with Crippen molar-refractivity contribution in [1.29, 1.82) is 0 Å². The average molecular weight is 187 g/mol. The third kappa shape index (κ3) is 2.93. The lowest BCUT2D eigenvalue weighted by Gasteiger charge is -2.25. The molecular formula is C10H21NO2. The molecule has 0 aliphatic carbocycles. The number of likely N-dealkylation sites (N-methyl/N-ethyl adjacent to an activating group) is 1. The molecule has 0 aromatic rings. The monoisotopic (exact) mass is 187 g/mol. The van der Waals surface area contributed by atoms with Crippen molar-refractivity contribution in [3.8, 4) is 0 Å². The van der Waals surface area contributed by atoms with Crippen molar-refractivity contribution in [2.45, 2.75) is 32.4 Å². The van der Waals surface area contributed by atoms with Crippen LogP contribution in [-0.4, -0.2) is 39.0 Å². The zero-order chi connectivity index (χ0) is 9.68. The second-order valence-electron chi connectivity index (χ2n) is 3.65. The van der Waals surface area contributed by atoms with E-state index in [-0.39, 0.29) is 0 Å². The Kier molecular flexibility index (Phi) is 4.70. The predicted molar refractivity (Wildman–Crippen MR) is 52.9 cm³/mol. The molecule has 3 atom stereocenters. The summed E-state index contributed by atoms with van der Waals surface area (Å²) < 4.78 is 10.7. The van der Waals surface area contributed by atoms with E-state index in [2.05, 4.69) is 19.2 Å². The molecule has 1 heterocycles. The van der Waals surface area contributed by atoms with Gasteiger partial charge in [-0.1, -0.05) is 6.92 Å². The van der Waals surface area contributed by atoms with Gasteiger partial charge in [0.25, 0.3) is 0 Å². The van der Waals surface area contributed by atoms with Gasteiger partial charge in [0.2, 0.25) is 0 Å². The largest absolute Gasteiger partial charge is 0.383 e. The molecule has 0 amide bonds. The maximum atomic E-state index is 5.54. The molecule has 0 radical (unpaired) electrons. The number of hydrogen-bond donors (Lipinski definition) is 1. The van der Waals surface area contributed by atoms with Crippen LogP contribution in [0.4, 0.5) is 0 Å². The van der Waals surface area contributed by atoms with E-state index in [1.807, 2.05) is 0 Å². The minimum absolute atomic E-state index is 0.374. The van der Waals surface area contributed by atoms with Gasteiger partial charge in [0.15, 0.2) is 0 Å². The van der Waals surface area contributed by atoms with E-state index in [9.17, 15) is 0 Å². The number of nitrogens with one attached hydrogen (secondary N) is 1. The normalized spacial score (nSPS) is 30.7. The first-order valence-electron chi connectivity index (χ1n) is 5.13. The van der Waals surface area contributed by atoms with Gasteiger partial charge in [-0.2, -0.15) is 0 Å². The number of hydrogen-bond acceptors (Lipinski definition) is 3. The Morgan fingerprint density at radius 3 is 2.85 bits per heavy atom. The smallest absolute Gasteiger partial charge is 0.0619 e. The van der Waals surface area contributed by atoms with E-state index in [4.69, 9.17) is 9.47 Å². The van der Waals surface area contributed by atoms with Gasteiger partial charge in [-0.15, -0.1) is 0 Å². The van der Waals surface area contributed by atoms with E-state index in [1.54, 1.807) is 7.11 Å². The molecule has 0 bridgehead atoms. The Labute approximate surface area is 80.8 Å². The SMILES string of the molecule is CCNC(COC)C1CCOC1C. The van der Waals surface area contributed by atoms with Crippen molar-refractivity contribution in [2.75, 3.05) is 26.9 Å². The highest BCUT2D eigenvalue weighted by Gasteiger charge is 2.31. The third-order valence-electron chi connectivity index (χ3n) is 2.76. The molecule has 1 saturated heterocycles. The highest BCUT2D eigenvalue weighted by Crippen LogP contribution is 2.23. The van der Waals surface area contributed by atoms with Crippen LogP contribution in [0.15, 0.2) is 0 Å². The van der Waals surface area contributed by atoms with Crippen LogP contribution in [0.5, 0.6) is 0 Å². The molecule has 1 fully saturated rings. The molecule has 3 nitrogen and oxygen atoms in total. The van der Waals surface area contributed by atoms with Gasteiger partial charge in [-0.05, 0) is 19.9 Å². The lowest BCUT2D eigenvalue weighted by Crippen LogP contribution is -2.42. The number of rotatable bonds is 5. The summed E-state index contributed by atoms with van der Waals surface area (Å²) >= 11 is 0. The molecule has 1 N–H and O–H groups in total. The molecule has 1 rings (SSSR count). The fourth-order valence-electron chi connectivity index (χ4n) is 2.05. The zero-order valence-electron chi connectivity index (χ0n) is 8.88. The fourth-order valence-corrected chi connectivity index (χ4v) is 2.05. The van der Waals surface area contributed by atoms with Crippen LogP contribution >= 0.6 is 0 Å². The Bertz CT molecular complexity index is 135. The van der Waals surface area contributed by atoms with E-state index < -0.39 is 0 Å². The standard InChI is InChI=1S/C10H21NO2/c1-4-11-10(7-12-3)9-5-6-13-8(9)2/h8-11H,4-7H2,1-3H3. The van der Waals surface area contributed by atoms with Crippen molar-refractivity contribution in [3.05, 3.63) is 0 Å². The topological polar surface area (TPSA) is 30.5 Å². The molecule has 1 aliphatic rings. The zero-order valence-corrected chi connectivity index (χ0v) is 8.88. The van der Waals surface area contributed by atoms with Crippen LogP contribution in [0.3, 0.4) is 0 Å². The minimum atomic E-state index is 0.374. The van der Waals surface area contributed by atoms with Crippen molar-refractivity contribution < 1.29 is 9.47 Å². The summed E-state index contributed by atoms with van der Waals surface area (Å²) in [4.78, 5) is 0. The van der Waals surface area contributed by atoms with Crippen LogP contribution < -0.4 is 5.32 Å². The molecule has 78 valence electrons. The van der Waals surface area contributed by atoms with Crippen molar-refractivity contribution in [1.82, 2.24) is 5.32 Å². The molecule has 0 saturated carbocycles. The van der Waals surface area contributed by atoms with Crippen LogP contribution in [0.1, 0.15) is 20.3 Å². The maximum Gasteiger partial charge on any atom is 0.0619 e. The van der Waals surface area contributed by atoms with E-state index in [1.165, 1.54) is 0 Å². The lowest BCUT2D eigenvalue weighted by molar-refractivity contribution is 0.0750. The van der Waals surface area contributed by atoms with Gasteiger partial charge < -0.3 is 14.8 Å². The van der Waals surface area contributed by atoms with Crippen LogP contribution in [0, 0.1) is 5.92 Å². The molecule has 13 heavy (non-hydrogen) atoms. The van der Waals surface area contributed by atoms with Crippen LogP contribution in [-0.2, 0) is 9.47 Å². The lowest BCUT2D eigenvalue weighted by atomic mass is 9.94. The fraction of sp³-hybridized carbons (Fsp3) is 1.00. The molecule has 0 spiro atoms. The first-order chi connectivity index (χ1) is 6.29. The summed E-state index contributed by atoms with van der Waals surface area (Å²) in [5, 5.41) is 3.45. The molecule has 3 heteroatoms. The minimum Gasteiger partial charge on any atom is -0.383 e. The Morgan fingerprint density at radius 1 is 1.62 bits per heavy atom. The molecule has 0 aromatic heterocycles. The van der Waals surface area contributed by atoms with Crippen LogP contribution in [0.2, 0.25) is 0 Å². The van der Waals surface area contributed by atoms with Gasteiger partial charge in [-0.3, -0.25) is 0 Å². The van der Waals surface area contributed by atoms with Gasteiger partial charge in [0, 0.05) is 25.7 Å². The predicted octanol–water partition coefficient (Wildman–Crippen LogP) is 1.04. The summed E-state index contributed by atoms with van der Waals surface area (Å²) in [5.74, 6) is 0.611. The van der Waals surface area contributed by atoms with Crippen molar-refractivity contribution >= 4 is 0 Å². The second kappa shape index (κ2) is 5.58. The van der Waals surface area contributed by atoms with Gasteiger partial charge in [0.05, 0.1) is 12.7 Å². The highest BCUT2D eigenvalue weighted by molar-refractivity contribution is 4.83. The van der Waals surface area contributed by atoms with E-state index in [0.717, 1.165) is 26.2 Å². The first kappa shape index (κ1) is 11.0. The highest BCUT2D eigenvalue weighted by atomic mass is 16.5. The summed E-state index contributed by atoms with van der Waals surface area (Å²) in [6.45, 7) is 6.96. The number of ether oxygens (including phenoxy) is 2. The van der Waals surface area contributed by atoms with E-state index >= 15 is 0 Å². The quantitative estimate of drug-likeness (QED) is 0.697.